The summed E-state index contributed by atoms with van der Waals surface area (Å²) in [6.45, 7) is 0. The van der Waals surface area contributed by atoms with Gasteiger partial charge in [0, 0.05) is 12.1 Å². The number of nitrogens with zero attached hydrogens (tertiary/aromatic N) is 1. The summed E-state index contributed by atoms with van der Waals surface area (Å²) in [6.07, 6.45) is 1.44. The van der Waals surface area contributed by atoms with E-state index in [1.807, 2.05) is 11.9 Å². The van der Waals surface area contributed by atoms with Gasteiger partial charge in [-0.15, -0.1) is 0 Å². The molecule has 2 aliphatic rings. The molecule has 0 spiro atoms. The van der Waals surface area contributed by atoms with E-state index in [2.05, 4.69) is 9.47 Å². The number of hydrogen-bond acceptors (Lipinski definition) is 8. The quantitative estimate of drug-likeness (QED) is 0.354. The van der Waals surface area contributed by atoms with Gasteiger partial charge >= 0.3 is 23.9 Å². The van der Waals surface area contributed by atoms with Crippen LogP contribution in [0.3, 0.4) is 0 Å². The van der Waals surface area contributed by atoms with Crippen molar-refractivity contribution in [3.8, 4) is 0 Å². The minimum Gasteiger partial charge on any atom is -0.473 e. The zero-order chi connectivity index (χ0) is 18.6. The Kier molecular flexibility index (Phi) is 6.41. The van der Waals surface area contributed by atoms with Crippen LogP contribution in [0.1, 0.15) is 12.8 Å². The second-order valence-electron chi connectivity index (χ2n) is 5.39. The molecule has 0 unspecified atom stereocenters. The smallest absolute Gasteiger partial charge is 0.414 e. The first-order chi connectivity index (χ1) is 11.2. The van der Waals surface area contributed by atoms with Gasteiger partial charge in [0.15, 0.2) is 5.78 Å². The number of carbonyl (C=O) groups is 5. The van der Waals surface area contributed by atoms with Crippen LogP contribution in [0.15, 0.2) is 0 Å². The van der Waals surface area contributed by atoms with Gasteiger partial charge in [0.1, 0.15) is 11.8 Å². The lowest BCUT2D eigenvalue weighted by molar-refractivity contribution is -0.163. The number of ether oxygens (including phenoxy) is 2. The van der Waals surface area contributed by atoms with Crippen LogP contribution < -0.4 is 0 Å². The number of carboxylic acids is 2. The largest absolute Gasteiger partial charge is 0.473 e. The van der Waals surface area contributed by atoms with Gasteiger partial charge in [-0.3, -0.25) is 19.3 Å². The van der Waals surface area contributed by atoms with Gasteiger partial charge in [-0.2, -0.15) is 0 Å². The number of fused-ring (bicyclic) bond motifs is 2. The fourth-order valence-electron chi connectivity index (χ4n) is 3.17. The molecule has 0 aromatic rings. The van der Waals surface area contributed by atoms with E-state index in [0.29, 0.717) is 0 Å². The van der Waals surface area contributed by atoms with Gasteiger partial charge in [0.2, 0.25) is 0 Å². The Morgan fingerprint density at radius 2 is 1.25 bits per heavy atom. The van der Waals surface area contributed by atoms with Crippen LogP contribution in [0, 0.1) is 11.8 Å². The maximum Gasteiger partial charge on any atom is 0.414 e. The minimum absolute atomic E-state index is 0.157. The van der Waals surface area contributed by atoms with Crippen molar-refractivity contribution < 1.29 is 43.7 Å². The number of Topliss-reactive ketones (excluding diaryl/α,β-unsaturated/α-hetero) is 1. The summed E-state index contributed by atoms with van der Waals surface area (Å²) in [5.41, 5.74) is 0. The van der Waals surface area contributed by atoms with E-state index in [1.165, 1.54) is 14.2 Å². The van der Waals surface area contributed by atoms with Gasteiger partial charge in [-0.05, 0) is 19.9 Å². The molecule has 2 fully saturated rings. The molecule has 0 aromatic carbocycles. The molecule has 2 heterocycles. The maximum atomic E-state index is 12.3. The first-order valence-electron chi connectivity index (χ1n) is 7.04. The highest BCUT2D eigenvalue weighted by atomic mass is 16.5. The van der Waals surface area contributed by atoms with E-state index in [0.717, 1.165) is 12.8 Å². The van der Waals surface area contributed by atoms with Gasteiger partial charge in [0.25, 0.3) is 0 Å². The van der Waals surface area contributed by atoms with Crippen molar-refractivity contribution in [1.29, 1.82) is 0 Å². The van der Waals surface area contributed by atoms with Crippen LogP contribution in [0.2, 0.25) is 0 Å². The van der Waals surface area contributed by atoms with Gasteiger partial charge in [0.05, 0.1) is 14.2 Å². The molecule has 0 saturated carbocycles. The Morgan fingerprint density at radius 1 is 0.917 bits per heavy atom. The molecule has 10 heteroatoms. The maximum absolute atomic E-state index is 12.3. The molecule has 134 valence electrons. The average molecular weight is 345 g/mol. The third kappa shape index (κ3) is 3.70. The van der Waals surface area contributed by atoms with Gasteiger partial charge < -0.3 is 19.7 Å². The second kappa shape index (κ2) is 7.86. The molecule has 2 aliphatic heterocycles. The van der Waals surface area contributed by atoms with E-state index < -0.39 is 35.7 Å². The van der Waals surface area contributed by atoms with Crippen LogP contribution in [0.4, 0.5) is 0 Å². The molecule has 2 rings (SSSR count). The van der Waals surface area contributed by atoms with Crippen LogP contribution in [-0.4, -0.2) is 78.1 Å². The van der Waals surface area contributed by atoms with Crippen molar-refractivity contribution in [2.24, 2.45) is 11.8 Å². The highest BCUT2D eigenvalue weighted by molar-refractivity contribution is 6.27. The van der Waals surface area contributed by atoms with E-state index >= 15 is 0 Å². The zero-order valence-electron chi connectivity index (χ0n) is 13.4. The molecule has 10 nitrogen and oxygen atoms in total. The van der Waals surface area contributed by atoms with E-state index in [9.17, 15) is 14.4 Å². The molecule has 0 aliphatic carbocycles. The molecule has 4 atom stereocenters. The summed E-state index contributed by atoms with van der Waals surface area (Å²) in [6, 6.07) is -0.313. The number of hydrogen-bond donors (Lipinski definition) is 2. The van der Waals surface area contributed by atoms with Gasteiger partial charge in [-0.1, -0.05) is 0 Å². The fourth-order valence-corrected chi connectivity index (χ4v) is 3.17. The highest BCUT2D eigenvalue weighted by Crippen LogP contribution is 2.40. The van der Waals surface area contributed by atoms with Crippen LogP contribution >= 0.6 is 0 Å². The lowest BCUT2D eigenvalue weighted by atomic mass is 9.81. The van der Waals surface area contributed by atoms with Crippen molar-refractivity contribution >= 4 is 29.7 Å². The van der Waals surface area contributed by atoms with Crippen LogP contribution in [0.25, 0.3) is 0 Å². The Bertz CT molecular complexity index is 512. The SMILES string of the molecule is COC(=O)[C@H]1C(=O)[C@H](C(=O)OC)[C@@H]2CC[C@@H]1N2C.O=C(O)C(=O)O. The summed E-state index contributed by atoms with van der Waals surface area (Å²) in [5.74, 6) is -6.88. The number of carboxylic acid groups (broad SMARTS) is 2. The third-order valence-corrected chi connectivity index (χ3v) is 4.28. The number of ketones is 1. The predicted octanol–water partition coefficient (Wildman–Crippen LogP) is -1.23. The Balaban J connectivity index is 0.000000413. The Labute approximate surface area is 137 Å². The average Bonchev–Trinajstić information content (AvgIpc) is 2.81. The number of esters is 2. The standard InChI is InChI=1S/C12H17NO5.C2H2O4/c1-13-6-4-5-7(13)9(12(16)18-3)10(14)8(6)11(15)17-2;3-1(4)2(5)6/h6-9H,4-5H2,1-3H3;(H,3,4)(H,5,6)/t6-,7-,8+,9+;/m0./s1. The van der Waals surface area contributed by atoms with Crippen molar-refractivity contribution in [2.75, 3.05) is 21.3 Å². The van der Waals surface area contributed by atoms with Crippen molar-refractivity contribution in [2.45, 2.75) is 24.9 Å². The number of methoxy groups -OCH3 is 2. The summed E-state index contributed by atoms with van der Waals surface area (Å²) in [5, 5.41) is 14.8. The Morgan fingerprint density at radius 3 is 1.50 bits per heavy atom. The van der Waals surface area contributed by atoms with E-state index in [1.54, 1.807) is 0 Å². The van der Waals surface area contributed by atoms with Crippen molar-refractivity contribution in [3.63, 3.8) is 0 Å². The Hall–Kier alpha value is -2.49. The highest BCUT2D eigenvalue weighted by Gasteiger charge is 2.56. The van der Waals surface area contributed by atoms with Gasteiger partial charge in [-0.25, -0.2) is 9.59 Å². The number of aliphatic carboxylic acids is 2. The summed E-state index contributed by atoms with van der Waals surface area (Å²) in [4.78, 5) is 55.9. The molecular formula is C14H19NO9. The minimum atomic E-state index is -1.82. The lowest BCUT2D eigenvalue weighted by Gasteiger charge is -2.38. The monoisotopic (exact) mass is 345 g/mol. The number of rotatable bonds is 2. The van der Waals surface area contributed by atoms with E-state index in [-0.39, 0.29) is 17.9 Å². The molecule has 24 heavy (non-hydrogen) atoms. The second-order valence-corrected chi connectivity index (χ2v) is 5.39. The van der Waals surface area contributed by atoms with Crippen molar-refractivity contribution in [1.82, 2.24) is 4.90 Å². The number of piperidine rings is 1. The fraction of sp³-hybridized carbons (Fsp3) is 0.643. The predicted molar refractivity (Wildman–Crippen MR) is 75.9 cm³/mol. The summed E-state index contributed by atoms with van der Waals surface area (Å²) >= 11 is 0. The first-order valence-corrected chi connectivity index (χ1v) is 7.04. The third-order valence-electron chi connectivity index (χ3n) is 4.28. The van der Waals surface area contributed by atoms with Crippen LogP contribution in [-0.2, 0) is 33.4 Å². The molecule has 2 N–H and O–H groups in total. The molecule has 2 bridgehead atoms. The van der Waals surface area contributed by atoms with E-state index in [4.69, 9.17) is 19.8 Å². The molecule has 2 saturated heterocycles. The molecule has 0 amide bonds. The lowest BCUT2D eigenvalue weighted by Crippen LogP contribution is -2.57. The molecule has 0 radical (unpaired) electrons. The molecule has 0 aromatic heterocycles. The summed E-state index contributed by atoms with van der Waals surface area (Å²) < 4.78 is 9.36. The first kappa shape index (κ1) is 19.6. The van der Waals surface area contributed by atoms with Crippen LogP contribution in [0.5, 0.6) is 0 Å². The number of carbonyl (C=O) groups excluding carboxylic acids is 3. The molecular weight excluding hydrogens is 326 g/mol. The zero-order valence-corrected chi connectivity index (χ0v) is 13.4. The normalized spacial score (nSPS) is 28.4. The topological polar surface area (TPSA) is 148 Å². The summed E-state index contributed by atoms with van der Waals surface area (Å²) in [7, 11) is 4.34. The van der Waals surface area contributed by atoms with Crippen molar-refractivity contribution in [3.05, 3.63) is 0 Å².